The zero-order chi connectivity index (χ0) is 11.4. The van der Waals surface area contributed by atoms with Crippen molar-refractivity contribution in [2.24, 2.45) is 18.9 Å². The Morgan fingerprint density at radius 2 is 2.07 bits per heavy atom. The summed E-state index contributed by atoms with van der Waals surface area (Å²) in [5, 5.41) is 0.241. The molecule has 0 spiro atoms. The zero-order valence-corrected chi connectivity index (χ0v) is 10.8. The minimum atomic E-state index is 0.241. The molecule has 0 aliphatic heterocycles. The molecule has 86 valence electrons. The molecule has 1 heterocycles. The number of imidazole rings is 1. The molecule has 0 amide bonds. The van der Waals surface area contributed by atoms with Crippen molar-refractivity contribution in [3.63, 3.8) is 0 Å². The van der Waals surface area contributed by atoms with Crippen LogP contribution in [0, 0.1) is 11.8 Å². The predicted octanol–water partition coefficient (Wildman–Crippen LogP) is 3.25. The first-order valence-corrected chi connectivity index (χ1v) is 6.06. The van der Waals surface area contributed by atoms with Crippen LogP contribution in [0.1, 0.15) is 33.0 Å². The Balaban J connectivity index is 2.51. The largest absolute Gasteiger partial charge is 0.338 e. The van der Waals surface area contributed by atoms with Crippen molar-refractivity contribution in [2.45, 2.75) is 39.0 Å². The van der Waals surface area contributed by atoms with E-state index in [2.05, 4.69) is 30.3 Å². The van der Waals surface area contributed by atoms with E-state index < -0.39 is 0 Å². The van der Waals surface area contributed by atoms with E-state index in [1.54, 1.807) is 0 Å². The van der Waals surface area contributed by atoms with Gasteiger partial charge >= 0.3 is 0 Å². The maximum atomic E-state index is 6.19. The lowest BCUT2D eigenvalue weighted by Gasteiger charge is -2.22. The molecule has 0 aromatic carbocycles. The second-order valence-corrected chi connectivity index (χ2v) is 5.27. The maximum absolute atomic E-state index is 6.19. The fourth-order valence-corrected chi connectivity index (χ4v) is 2.44. The Labute approximate surface area is 97.7 Å². The minimum absolute atomic E-state index is 0.241. The van der Waals surface area contributed by atoms with E-state index in [0.717, 1.165) is 18.7 Å². The molecule has 2 atom stereocenters. The van der Waals surface area contributed by atoms with E-state index in [4.69, 9.17) is 11.6 Å². The van der Waals surface area contributed by atoms with Crippen LogP contribution >= 0.6 is 11.6 Å². The van der Waals surface area contributed by atoms with Crippen LogP contribution in [-0.2, 0) is 13.5 Å². The molecule has 1 aromatic heterocycles. The number of nitrogens with zero attached hydrogens (tertiary/aromatic N) is 2. The Hall–Kier alpha value is -0.500. The molecule has 1 aromatic rings. The lowest BCUT2D eigenvalue weighted by molar-refractivity contribution is 0.351. The van der Waals surface area contributed by atoms with Gasteiger partial charge < -0.3 is 4.57 Å². The molecule has 0 radical (unpaired) electrons. The summed E-state index contributed by atoms with van der Waals surface area (Å²) >= 11 is 6.19. The molecular weight excluding hydrogens is 208 g/mol. The summed E-state index contributed by atoms with van der Waals surface area (Å²) in [6, 6.07) is 0. The highest BCUT2D eigenvalue weighted by Gasteiger charge is 2.19. The molecular formula is C12H21ClN2. The van der Waals surface area contributed by atoms with Crippen LogP contribution in [0.4, 0.5) is 0 Å². The van der Waals surface area contributed by atoms with Crippen LogP contribution in [0.15, 0.2) is 12.4 Å². The predicted molar refractivity (Wildman–Crippen MR) is 65.2 cm³/mol. The molecule has 0 aliphatic carbocycles. The molecule has 1 rings (SSSR count). The SMILES string of the molecule is CC(C)C(CCc1nccn1C)C(C)Cl. The van der Waals surface area contributed by atoms with Gasteiger partial charge in [0.05, 0.1) is 0 Å². The average molecular weight is 229 g/mol. The van der Waals surface area contributed by atoms with Crippen molar-refractivity contribution in [3.05, 3.63) is 18.2 Å². The molecule has 0 fully saturated rings. The first-order chi connectivity index (χ1) is 7.02. The van der Waals surface area contributed by atoms with Gasteiger partial charge in [0.1, 0.15) is 5.82 Å². The van der Waals surface area contributed by atoms with Gasteiger partial charge in [0.25, 0.3) is 0 Å². The third-order valence-electron chi connectivity index (χ3n) is 3.07. The topological polar surface area (TPSA) is 17.8 Å². The van der Waals surface area contributed by atoms with Gasteiger partial charge in [0.15, 0.2) is 0 Å². The van der Waals surface area contributed by atoms with Crippen molar-refractivity contribution in [1.29, 1.82) is 0 Å². The first-order valence-electron chi connectivity index (χ1n) is 5.62. The van der Waals surface area contributed by atoms with E-state index in [1.807, 2.05) is 19.4 Å². The molecule has 2 unspecified atom stereocenters. The van der Waals surface area contributed by atoms with Crippen molar-refractivity contribution in [1.82, 2.24) is 9.55 Å². The molecule has 0 saturated heterocycles. The van der Waals surface area contributed by atoms with Gasteiger partial charge in [-0.2, -0.15) is 0 Å². The molecule has 3 heteroatoms. The Kier molecular flexibility index (Phi) is 4.65. The van der Waals surface area contributed by atoms with Crippen LogP contribution < -0.4 is 0 Å². The third kappa shape index (κ3) is 3.53. The van der Waals surface area contributed by atoms with Gasteiger partial charge in [0.2, 0.25) is 0 Å². The van der Waals surface area contributed by atoms with Crippen molar-refractivity contribution < 1.29 is 0 Å². The number of aryl methyl sites for hydroxylation is 2. The van der Waals surface area contributed by atoms with Crippen molar-refractivity contribution in [2.75, 3.05) is 0 Å². The van der Waals surface area contributed by atoms with Crippen LogP contribution in [-0.4, -0.2) is 14.9 Å². The summed E-state index contributed by atoms with van der Waals surface area (Å²) in [4.78, 5) is 4.33. The van der Waals surface area contributed by atoms with Crippen LogP contribution in [0.3, 0.4) is 0 Å². The van der Waals surface area contributed by atoms with E-state index >= 15 is 0 Å². The fraction of sp³-hybridized carbons (Fsp3) is 0.750. The second kappa shape index (κ2) is 5.55. The molecule has 2 nitrogen and oxygen atoms in total. The summed E-state index contributed by atoms with van der Waals surface area (Å²) in [5.41, 5.74) is 0. The minimum Gasteiger partial charge on any atom is -0.338 e. The highest BCUT2D eigenvalue weighted by molar-refractivity contribution is 6.20. The number of halogens is 1. The van der Waals surface area contributed by atoms with Gasteiger partial charge in [-0.25, -0.2) is 4.98 Å². The lowest BCUT2D eigenvalue weighted by atomic mass is 9.88. The van der Waals surface area contributed by atoms with E-state index in [1.165, 1.54) is 0 Å². The third-order valence-corrected chi connectivity index (χ3v) is 3.39. The fourth-order valence-electron chi connectivity index (χ4n) is 2.03. The van der Waals surface area contributed by atoms with E-state index in [0.29, 0.717) is 11.8 Å². The molecule has 0 N–H and O–H groups in total. The van der Waals surface area contributed by atoms with Gasteiger partial charge in [-0.1, -0.05) is 13.8 Å². The number of aromatic nitrogens is 2. The summed E-state index contributed by atoms with van der Waals surface area (Å²) in [7, 11) is 2.04. The van der Waals surface area contributed by atoms with Crippen molar-refractivity contribution in [3.8, 4) is 0 Å². The Bertz CT molecular complexity index is 284. The Morgan fingerprint density at radius 3 is 2.47 bits per heavy atom. The summed E-state index contributed by atoms with van der Waals surface area (Å²) in [5.74, 6) is 2.36. The van der Waals surface area contributed by atoms with Gasteiger partial charge in [-0.3, -0.25) is 0 Å². The molecule has 0 aliphatic rings. The summed E-state index contributed by atoms with van der Waals surface area (Å²) in [6.07, 6.45) is 5.98. The molecule has 0 bridgehead atoms. The molecule has 15 heavy (non-hydrogen) atoms. The standard InChI is InChI=1S/C12H21ClN2/c1-9(2)11(10(3)13)5-6-12-14-7-8-15(12)4/h7-11H,5-6H2,1-4H3. The average Bonchev–Trinajstić information content (AvgIpc) is 2.51. The zero-order valence-electron chi connectivity index (χ0n) is 10.1. The van der Waals surface area contributed by atoms with Crippen molar-refractivity contribution >= 4 is 11.6 Å². The van der Waals surface area contributed by atoms with E-state index in [9.17, 15) is 0 Å². The van der Waals surface area contributed by atoms with E-state index in [-0.39, 0.29) is 5.38 Å². The quantitative estimate of drug-likeness (QED) is 0.708. The first kappa shape index (κ1) is 12.6. The van der Waals surface area contributed by atoms with Crippen LogP contribution in [0.25, 0.3) is 0 Å². The molecule has 0 saturated carbocycles. The highest BCUT2D eigenvalue weighted by Crippen LogP contribution is 2.24. The second-order valence-electron chi connectivity index (χ2n) is 4.58. The Morgan fingerprint density at radius 1 is 1.40 bits per heavy atom. The van der Waals surface area contributed by atoms with Crippen LogP contribution in [0.5, 0.6) is 0 Å². The van der Waals surface area contributed by atoms with Gasteiger partial charge in [0, 0.05) is 31.2 Å². The van der Waals surface area contributed by atoms with Gasteiger partial charge in [-0.15, -0.1) is 11.6 Å². The summed E-state index contributed by atoms with van der Waals surface area (Å²) < 4.78 is 2.08. The summed E-state index contributed by atoms with van der Waals surface area (Å²) in [6.45, 7) is 6.56. The number of rotatable bonds is 5. The maximum Gasteiger partial charge on any atom is 0.108 e. The monoisotopic (exact) mass is 228 g/mol. The highest BCUT2D eigenvalue weighted by atomic mass is 35.5. The normalized spacial score (nSPS) is 15.6. The van der Waals surface area contributed by atoms with Crippen LogP contribution in [0.2, 0.25) is 0 Å². The van der Waals surface area contributed by atoms with Gasteiger partial charge in [-0.05, 0) is 25.2 Å². The smallest absolute Gasteiger partial charge is 0.108 e. The number of alkyl halides is 1. The lowest BCUT2D eigenvalue weighted by Crippen LogP contribution is -2.19. The number of hydrogen-bond donors (Lipinski definition) is 0. The number of hydrogen-bond acceptors (Lipinski definition) is 1.